The van der Waals surface area contributed by atoms with Gasteiger partial charge in [-0.2, -0.15) is 11.8 Å². The standard InChI is InChI=1S/C17H27FN4OS.HI/c1-24-13-15-11-16(18)4-3-14(15)12-21-17(19)20-5-2-6-22-7-9-23-10-8-22;/h3-4,11H,2,5-10,12-13H2,1H3,(H3,19,20,21);1H. The van der Waals surface area contributed by atoms with Crippen LogP contribution in [0.5, 0.6) is 0 Å². The van der Waals surface area contributed by atoms with Crippen LogP contribution in [0.3, 0.4) is 0 Å². The highest BCUT2D eigenvalue weighted by Gasteiger charge is 2.09. The molecule has 0 unspecified atom stereocenters. The van der Waals surface area contributed by atoms with E-state index in [0.717, 1.165) is 62.7 Å². The van der Waals surface area contributed by atoms with E-state index in [2.05, 4.69) is 15.2 Å². The number of benzene rings is 1. The first kappa shape index (κ1) is 22.5. The summed E-state index contributed by atoms with van der Waals surface area (Å²) >= 11 is 1.67. The molecule has 0 atom stereocenters. The molecule has 0 aromatic heterocycles. The molecule has 2 rings (SSSR count). The molecular weight excluding hydrogens is 454 g/mol. The fourth-order valence-electron chi connectivity index (χ4n) is 2.61. The minimum absolute atomic E-state index is 0. The van der Waals surface area contributed by atoms with E-state index in [1.165, 1.54) is 6.07 Å². The second-order valence-electron chi connectivity index (χ2n) is 5.78. The number of hydrogen-bond donors (Lipinski definition) is 2. The quantitative estimate of drug-likeness (QED) is 0.258. The molecule has 3 N–H and O–H groups in total. The Morgan fingerprint density at radius 3 is 2.84 bits per heavy atom. The van der Waals surface area contributed by atoms with Gasteiger partial charge in [0, 0.05) is 25.4 Å². The molecule has 1 aromatic rings. The predicted molar refractivity (Wildman–Crippen MR) is 114 cm³/mol. The molecule has 142 valence electrons. The zero-order valence-electron chi connectivity index (χ0n) is 14.7. The van der Waals surface area contributed by atoms with Crippen molar-refractivity contribution < 1.29 is 9.13 Å². The summed E-state index contributed by atoms with van der Waals surface area (Å²) in [4.78, 5) is 6.76. The highest BCUT2D eigenvalue weighted by atomic mass is 127. The van der Waals surface area contributed by atoms with Crippen LogP contribution >= 0.6 is 35.7 Å². The van der Waals surface area contributed by atoms with E-state index < -0.39 is 0 Å². The molecule has 1 aromatic carbocycles. The Morgan fingerprint density at radius 2 is 2.12 bits per heavy atom. The maximum Gasteiger partial charge on any atom is 0.188 e. The zero-order chi connectivity index (χ0) is 17.2. The van der Waals surface area contributed by atoms with Crippen molar-refractivity contribution in [3.8, 4) is 0 Å². The van der Waals surface area contributed by atoms with Crippen molar-refractivity contribution in [3.05, 3.63) is 35.1 Å². The van der Waals surface area contributed by atoms with Crippen molar-refractivity contribution >= 4 is 41.7 Å². The molecule has 0 saturated carbocycles. The van der Waals surface area contributed by atoms with Gasteiger partial charge in [-0.1, -0.05) is 6.07 Å². The fourth-order valence-corrected chi connectivity index (χ4v) is 3.19. The normalized spacial score (nSPS) is 15.7. The largest absolute Gasteiger partial charge is 0.379 e. The van der Waals surface area contributed by atoms with Gasteiger partial charge in [0.05, 0.1) is 19.8 Å². The van der Waals surface area contributed by atoms with Crippen molar-refractivity contribution in [2.75, 3.05) is 45.6 Å². The van der Waals surface area contributed by atoms with Crippen molar-refractivity contribution in [3.63, 3.8) is 0 Å². The number of aliphatic imine (C=N–C) groups is 1. The van der Waals surface area contributed by atoms with Crippen molar-refractivity contribution in [2.24, 2.45) is 10.7 Å². The lowest BCUT2D eigenvalue weighted by atomic mass is 10.1. The first-order valence-electron chi connectivity index (χ1n) is 8.29. The van der Waals surface area contributed by atoms with Crippen LogP contribution in [0.2, 0.25) is 0 Å². The van der Waals surface area contributed by atoms with Crippen LogP contribution in [-0.4, -0.2) is 56.5 Å². The monoisotopic (exact) mass is 482 g/mol. The molecule has 1 aliphatic rings. The summed E-state index contributed by atoms with van der Waals surface area (Å²) in [7, 11) is 0. The molecule has 1 heterocycles. The molecular formula is C17H28FIN4OS. The Labute approximate surface area is 171 Å². The maximum atomic E-state index is 13.3. The van der Waals surface area contributed by atoms with Gasteiger partial charge in [0.2, 0.25) is 0 Å². The minimum Gasteiger partial charge on any atom is -0.379 e. The van der Waals surface area contributed by atoms with E-state index in [0.29, 0.717) is 12.5 Å². The Balaban J connectivity index is 0.00000312. The number of ether oxygens (including phenoxy) is 1. The van der Waals surface area contributed by atoms with Crippen molar-refractivity contribution in [1.29, 1.82) is 0 Å². The molecule has 1 aliphatic heterocycles. The van der Waals surface area contributed by atoms with Crippen LogP contribution in [0.1, 0.15) is 17.5 Å². The van der Waals surface area contributed by atoms with E-state index in [-0.39, 0.29) is 29.8 Å². The smallest absolute Gasteiger partial charge is 0.188 e. The van der Waals surface area contributed by atoms with Gasteiger partial charge < -0.3 is 15.8 Å². The molecule has 1 fully saturated rings. The molecule has 25 heavy (non-hydrogen) atoms. The number of nitrogens with zero attached hydrogens (tertiary/aromatic N) is 2. The third-order valence-electron chi connectivity index (χ3n) is 3.95. The number of rotatable bonds is 8. The number of thioether (sulfide) groups is 1. The lowest BCUT2D eigenvalue weighted by Gasteiger charge is -2.26. The van der Waals surface area contributed by atoms with Gasteiger partial charge >= 0.3 is 0 Å². The Kier molecular flexibility index (Phi) is 11.4. The average molecular weight is 482 g/mol. The molecule has 1 saturated heterocycles. The lowest BCUT2D eigenvalue weighted by Crippen LogP contribution is -2.39. The topological polar surface area (TPSA) is 62.9 Å². The summed E-state index contributed by atoms with van der Waals surface area (Å²) in [5, 5.41) is 3.15. The van der Waals surface area contributed by atoms with E-state index in [1.807, 2.05) is 6.26 Å². The molecule has 0 aliphatic carbocycles. The van der Waals surface area contributed by atoms with Gasteiger partial charge in [0.15, 0.2) is 5.96 Å². The Hall–Kier alpha value is -0.580. The molecule has 0 radical (unpaired) electrons. The van der Waals surface area contributed by atoms with Gasteiger partial charge in [-0.05, 0) is 42.5 Å². The van der Waals surface area contributed by atoms with Crippen molar-refractivity contribution in [1.82, 2.24) is 10.2 Å². The number of halogens is 2. The van der Waals surface area contributed by atoms with E-state index >= 15 is 0 Å². The lowest BCUT2D eigenvalue weighted by molar-refractivity contribution is 0.0376. The molecule has 0 amide bonds. The maximum absolute atomic E-state index is 13.3. The van der Waals surface area contributed by atoms with Gasteiger partial charge in [-0.3, -0.25) is 4.90 Å². The molecule has 0 spiro atoms. The summed E-state index contributed by atoms with van der Waals surface area (Å²) in [6, 6.07) is 4.84. The van der Waals surface area contributed by atoms with E-state index in [9.17, 15) is 4.39 Å². The minimum atomic E-state index is -0.207. The first-order chi connectivity index (χ1) is 11.7. The number of hydrogen-bond acceptors (Lipinski definition) is 4. The van der Waals surface area contributed by atoms with Crippen LogP contribution in [0.15, 0.2) is 23.2 Å². The van der Waals surface area contributed by atoms with E-state index in [1.54, 1.807) is 23.9 Å². The third kappa shape index (κ3) is 8.57. The van der Waals surface area contributed by atoms with Gasteiger partial charge in [0.1, 0.15) is 5.82 Å². The van der Waals surface area contributed by atoms with Gasteiger partial charge in [-0.15, -0.1) is 24.0 Å². The number of nitrogens with one attached hydrogen (secondary N) is 1. The van der Waals surface area contributed by atoms with Crippen LogP contribution in [0, 0.1) is 5.82 Å². The van der Waals surface area contributed by atoms with Gasteiger partial charge in [-0.25, -0.2) is 9.38 Å². The second-order valence-corrected chi connectivity index (χ2v) is 6.65. The predicted octanol–water partition coefficient (Wildman–Crippen LogP) is 2.43. The number of guanidine groups is 1. The third-order valence-corrected chi connectivity index (χ3v) is 4.55. The number of nitrogens with two attached hydrogens (primary N) is 1. The van der Waals surface area contributed by atoms with Crippen LogP contribution < -0.4 is 11.1 Å². The summed E-state index contributed by atoms with van der Waals surface area (Å²) in [6.07, 6.45) is 3.02. The van der Waals surface area contributed by atoms with Gasteiger partial charge in [0.25, 0.3) is 0 Å². The highest BCUT2D eigenvalue weighted by Crippen LogP contribution is 2.17. The molecule has 5 nitrogen and oxygen atoms in total. The molecule has 8 heteroatoms. The Morgan fingerprint density at radius 1 is 1.36 bits per heavy atom. The van der Waals surface area contributed by atoms with Crippen molar-refractivity contribution in [2.45, 2.75) is 18.7 Å². The van der Waals surface area contributed by atoms with Crippen LogP contribution in [0.4, 0.5) is 4.39 Å². The van der Waals surface area contributed by atoms with E-state index in [4.69, 9.17) is 10.5 Å². The number of morpholine rings is 1. The fraction of sp³-hybridized carbons (Fsp3) is 0.588. The Bertz CT molecular complexity index is 541. The second kappa shape index (κ2) is 12.7. The van der Waals surface area contributed by atoms with Crippen LogP contribution in [0.25, 0.3) is 0 Å². The average Bonchev–Trinajstić information content (AvgIpc) is 2.59. The SMILES string of the molecule is CSCc1cc(F)ccc1CN=C(N)NCCCN1CCOCC1.I. The summed E-state index contributed by atoms with van der Waals surface area (Å²) in [5.41, 5.74) is 7.92. The van der Waals surface area contributed by atoms with Crippen LogP contribution in [-0.2, 0) is 17.0 Å². The zero-order valence-corrected chi connectivity index (χ0v) is 17.8. The summed E-state index contributed by atoms with van der Waals surface area (Å²) in [6.45, 7) is 5.98. The molecule has 0 bridgehead atoms. The summed E-state index contributed by atoms with van der Waals surface area (Å²) < 4.78 is 18.7. The first-order valence-corrected chi connectivity index (χ1v) is 9.68. The summed E-state index contributed by atoms with van der Waals surface area (Å²) in [5.74, 6) is 1.01. The highest BCUT2D eigenvalue weighted by molar-refractivity contribution is 14.0.